The lowest BCUT2D eigenvalue weighted by atomic mass is 10.0. The van der Waals surface area contributed by atoms with E-state index in [1.54, 1.807) is 0 Å². The molecule has 0 aliphatic heterocycles. The average Bonchev–Trinajstić information content (AvgIpc) is 3.36. The van der Waals surface area contributed by atoms with Crippen molar-refractivity contribution in [3.05, 3.63) is 36.5 Å². The summed E-state index contributed by atoms with van der Waals surface area (Å²) in [6, 6.07) is -0.843. The van der Waals surface area contributed by atoms with Crippen LogP contribution in [-0.4, -0.2) is 74.3 Å². The third-order valence-electron chi connectivity index (χ3n) is 14.3. The van der Waals surface area contributed by atoms with Crippen molar-refractivity contribution in [2.75, 3.05) is 40.9 Å². The molecule has 3 atom stereocenters. The summed E-state index contributed by atoms with van der Waals surface area (Å²) in [5.74, 6) is -0.492. The molecule has 0 rings (SSSR count). The van der Waals surface area contributed by atoms with Crippen molar-refractivity contribution in [1.29, 1.82) is 0 Å². The van der Waals surface area contributed by atoms with E-state index in [0.717, 1.165) is 64.2 Å². The van der Waals surface area contributed by atoms with Gasteiger partial charge in [-0.15, -0.1) is 0 Å². The second-order valence-electron chi connectivity index (χ2n) is 22.9. The van der Waals surface area contributed by atoms with E-state index in [4.69, 9.17) is 13.8 Å². The van der Waals surface area contributed by atoms with Crippen LogP contribution in [0.3, 0.4) is 0 Å². The molecule has 0 aliphatic rings. The number of quaternary nitrogens is 1. The molecule has 10 heteroatoms. The molecule has 0 aromatic heterocycles. The van der Waals surface area contributed by atoms with Crippen molar-refractivity contribution in [3.8, 4) is 0 Å². The highest BCUT2D eigenvalue weighted by Gasteiger charge is 2.30. The molecule has 0 fully saturated rings. The molecule has 0 spiro atoms. The van der Waals surface area contributed by atoms with Crippen molar-refractivity contribution in [3.63, 3.8) is 0 Å². The van der Waals surface area contributed by atoms with Crippen LogP contribution in [0.15, 0.2) is 36.5 Å². The maximum Gasteiger partial charge on any atom is 0.472 e. The Kier molecular flexibility index (Phi) is 53.3. The van der Waals surface area contributed by atoms with E-state index < -0.39 is 20.0 Å². The maximum atomic E-state index is 13.5. The van der Waals surface area contributed by atoms with Crippen LogP contribution in [0.5, 0.6) is 0 Å². The molecule has 0 radical (unpaired) electrons. The van der Waals surface area contributed by atoms with E-state index in [2.05, 4.69) is 50.4 Å². The molecule has 0 aliphatic carbocycles. The normalized spacial score (nSPS) is 13.9. The number of phosphoric ester groups is 1. The first-order chi connectivity index (χ1) is 35.9. The van der Waals surface area contributed by atoms with E-state index in [1.807, 2.05) is 33.3 Å². The molecule has 0 bridgehead atoms. The Bertz CT molecular complexity index is 1360. The van der Waals surface area contributed by atoms with Crippen LogP contribution in [0.2, 0.25) is 0 Å². The number of likely N-dealkylation sites (N-methyl/N-ethyl adjacent to an activating group) is 1. The summed E-state index contributed by atoms with van der Waals surface area (Å²) < 4.78 is 30.7. The summed E-state index contributed by atoms with van der Waals surface area (Å²) in [5.41, 5.74) is 0. The first-order valence-electron chi connectivity index (χ1n) is 31.8. The SMILES string of the molecule is CCCCC/C=C\C/C=C\CCCCCCCCCCCCCCCC(=O)NC(COP(=O)(O)OCC[N+](C)(C)C)C(/C=C\CCCCCCCCCCCC)OC(=O)CCCCCCCCCCCCCCC. The zero-order valence-electron chi connectivity index (χ0n) is 49.9. The molecule has 0 saturated carbocycles. The van der Waals surface area contributed by atoms with Crippen molar-refractivity contribution in [2.24, 2.45) is 0 Å². The number of esters is 1. The quantitative estimate of drug-likeness (QED) is 0.0205. The van der Waals surface area contributed by atoms with E-state index in [1.165, 1.54) is 212 Å². The molecule has 1 amide bonds. The number of phosphoric acid groups is 1. The van der Waals surface area contributed by atoms with E-state index in [9.17, 15) is 19.0 Å². The Hall–Kier alpha value is -1.77. The number of unbranched alkanes of at least 4 members (excludes halogenated alkanes) is 38. The molecule has 0 aromatic carbocycles. The summed E-state index contributed by atoms with van der Waals surface area (Å²) in [6.45, 7) is 7.02. The van der Waals surface area contributed by atoms with Gasteiger partial charge in [0.25, 0.3) is 0 Å². The Labute approximate surface area is 459 Å². The predicted octanol–water partition coefficient (Wildman–Crippen LogP) is 19.5. The van der Waals surface area contributed by atoms with Gasteiger partial charge in [-0.05, 0) is 63.9 Å². The third-order valence-corrected chi connectivity index (χ3v) is 15.3. The van der Waals surface area contributed by atoms with Gasteiger partial charge < -0.3 is 19.4 Å². The van der Waals surface area contributed by atoms with Gasteiger partial charge in [-0.1, -0.05) is 269 Å². The second-order valence-corrected chi connectivity index (χ2v) is 24.4. The fraction of sp³-hybridized carbons (Fsp3) is 0.875. The Balaban J connectivity index is 5.12. The molecule has 0 aromatic rings. The first kappa shape index (κ1) is 72.2. The zero-order chi connectivity index (χ0) is 54.3. The topological polar surface area (TPSA) is 111 Å². The highest BCUT2D eigenvalue weighted by atomic mass is 31.2. The molecule has 436 valence electrons. The van der Waals surface area contributed by atoms with Crippen LogP contribution in [0, 0.1) is 0 Å². The van der Waals surface area contributed by atoms with Gasteiger partial charge in [-0.3, -0.25) is 18.6 Å². The van der Waals surface area contributed by atoms with Gasteiger partial charge in [0.15, 0.2) is 0 Å². The number of carbonyl (C=O) groups is 2. The van der Waals surface area contributed by atoms with Gasteiger partial charge in [0.05, 0.1) is 33.8 Å². The Morgan fingerprint density at radius 2 is 0.824 bits per heavy atom. The first-order valence-corrected chi connectivity index (χ1v) is 33.3. The monoisotopic (exact) mass is 1060 g/mol. The summed E-state index contributed by atoms with van der Waals surface area (Å²) >= 11 is 0. The number of carbonyl (C=O) groups excluding carboxylic acids is 2. The molecule has 9 nitrogen and oxygen atoms in total. The number of nitrogens with zero attached hydrogens (tertiary/aromatic N) is 1. The Morgan fingerprint density at radius 1 is 0.473 bits per heavy atom. The number of hydrogen-bond acceptors (Lipinski definition) is 6. The lowest BCUT2D eigenvalue weighted by Crippen LogP contribution is -2.47. The largest absolute Gasteiger partial charge is 0.472 e. The van der Waals surface area contributed by atoms with Crippen LogP contribution in [0.4, 0.5) is 0 Å². The van der Waals surface area contributed by atoms with Crippen LogP contribution >= 0.6 is 7.82 Å². The number of allylic oxidation sites excluding steroid dienone is 5. The zero-order valence-corrected chi connectivity index (χ0v) is 50.7. The molecular formula is C64H124N2O7P+. The highest BCUT2D eigenvalue weighted by Crippen LogP contribution is 2.43. The fourth-order valence-corrected chi connectivity index (χ4v) is 10.1. The lowest BCUT2D eigenvalue weighted by molar-refractivity contribution is -0.870. The molecule has 2 N–H and O–H groups in total. The number of hydrogen-bond donors (Lipinski definition) is 2. The number of nitrogens with one attached hydrogen (secondary N) is 1. The molecule has 74 heavy (non-hydrogen) atoms. The van der Waals surface area contributed by atoms with Crippen molar-refractivity contribution >= 4 is 19.7 Å². The van der Waals surface area contributed by atoms with Crippen LogP contribution in [0.25, 0.3) is 0 Å². The second kappa shape index (κ2) is 54.6. The van der Waals surface area contributed by atoms with E-state index >= 15 is 0 Å². The van der Waals surface area contributed by atoms with Crippen molar-refractivity contribution in [1.82, 2.24) is 5.32 Å². The molecule has 0 saturated heterocycles. The Morgan fingerprint density at radius 3 is 1.24 bits per heavy atom. The number of ether oxygens (including phenoxy) is 1. The summed E-state index contributed by atoms with van der Waals surface area (Å²) in [7, 11) is 1.51. The van der Waals surface area contributed by atoms with Gasteiger partial charge in [0.1, 0.15) is 19.3 Å². The molecular weight excluding hydrogens is 940 g/mol. The minimum atomic E-state index is -4.44. The summed E-state index contributed by atoms with van der Waals surface area (Å²) in [5, 5.41) is 3.06. The average molecular weight is 1060 g/mol. The number of rotatable bonds is 58. The van der Waals surface area contributed by atoms with Crippen LogP contribution in [-0.2, 0) is 27.9 Å². The number of amides is 1. The van der Waals surface area contributed by atoms with Crippen molar-refractivity contribution in [2.45, 2.75) is 322 Å². The minimum Gasteiger partial charge on any atom is -0.456 e. The molecule has 0 heterocycles. The maximum absolute atomic E-state index is 13.5. The summed E-state index contributed by atoms with van der Waals surface area (Å²) in [4.78, 5) is 37.7. The smallest absolute Gasteiger partial charge is 0.456 e. The fourth-order valence-electron chi connectivity index (χ4n) is 9.38. The van der Waals surface area contributed by atoms with E-state index in [0.29, 0.717) is 23.9 Å². The lowest BCUT2D eigenvalue weighted by Gasteiger charge is -2.27. The van der Waals surface area contributed by atoms with Crippen LogP contribution in [0.1, 0.15) is 310 Å². The van der Waals surface area contributed by atoms with Gasteiger partial charge in [0, 0.05) is 12.8 Å². The van der Waals surface area contributed by atoms with Crippen LogP contribution < -0.4 is 5.32 Å². The molecule has 3 unspecified atom stereocenters. The van der Waals surface area contributed by atoms with Gasteiger partial charge in [0.2, 0.25) is 5.91 Å². The predicted molar refractivity (Wildman–Crippen MR) is 319 cm³/mol. The highest BCUT2D eigenvalue weighted by molar-refractivity contribution is 7.47. The minimum absolute atomic E-state index is 0.0428. The van der Waals surface area contributed by atoms with Gasteiger partial charge in [-0.25, -0.2) is 4.57 Å². The third kappa shape index (κ3) is 55.0. The standard InChI is InChI=1S/C64H123N2O7P/c1-7-10-13-16-19-22-25-28-29-30-31-32-33-34-35-36-37-39-41-44-47-50-53-56-63(67)65-61(60-72-74(69,70)71-59-58-66(4,5)6)62(55-52-49-46-43-40-27-24-21-18-15-12-9-3)73-64(68)57-54-51-48-45-42-38-26-23-20-17-14-11-8-2/h19,22,28-29,52,55,61-62H,7-18,20-21,23-27,30-51,53-54,56-60H2,1-6H3,(H-,65,67,69,70)/p+1/b22-19-,29-28-,55-52-. The van der Waals surface area contributed by atoms with Crippen molar-refractivity contribution < 1.29 is 37.3 Å². The van der Waals surface area contributed by atoms with Gasteiger partial charge in [-0.2, -0.15) is 0 Å². The van der Waals surface area contributed by atoms with Gasteiger partial charge >= 0.3 is 13.8 Å². The van der Waals surface area contributed by atoms with E-state index in [-0.39, 0.29) is 25.1 Å². The summed E-state index contributed by atoms with van der Waals surface area (Å²) in [6.07, 6.45) is 65.7.